The number of allylic oxidation sites excluding steroid dienone is 2. The van der Waals surface area contributed by atoms with E-state index in [1.54, 1.807) is 50.8 Å². The van der Waals surface area contributed by atoms with Crippen LogP contribution in [0.15, 0.2) is 36.7 Å². The maximum atomic E-state index is 12.1. The normalized spacial score (nSPS) is 11.1. The number of amides is 1. The molecule has 0 aliphatic carbocycles. The summed E-state index contributed by atoms with van der Waals surface area (Å²) in [6.07, 6.45) is 6.77. The topological polar surface area (TPSA) is 59.6 Å². The molecule has 0 bridgehead atoms. The van der Waals surface area contributed by atoms with Gasteiger partial charge in [-0.05, 0) is 43.0 Å². The summed E-state index contributed by atoms with van der Waals surface area (Å²) in [7, 11) is 3.40. The van der Waals surface area contributed by atoms with Crippen LogP contribution in [0.2, 0.25) is 5.02 Å². The lowest BCUT2D eigenvalue weighted by Gasteiger charge is -2.11. The Hall–Kier alpha value is -1.98. The molecule has 0 heterocycles. The average Bonchev–Trinajstić information content (AvgIpc) is 2.46. The third-order valence-electron chi connectivity index (χ3n) is 2.73. The number of carbonyl (C=O) groups excluding carboxylic acids is 1. The summed E-state index contributed by atoms with van der Waals surface area (Å²) in [6.45, 7) is 2.73. The number of ether oxygens (including phenoxy) is 2. The summed E-state index contributed by atoms with van der Waals surface area (Å²) in [5.74, 6) is 0.351. The first-order valence-electron chi connectivity index (χ1n) is 6.81. The monoisotopic (exact) mass is 324 g/mol. The lowest BCUT2D eigenvalue weighted by Crippen LogP contribution is -2.19. The van der Waals surface area contributed by atoms with Crippen molar-refractivity contribution in [3.05, 3.63) is 52.8 Å². The molecule has 1 aromatic rings. The fourth-order valence-electron chi connectivity index (χ4n) is 1.73. The summed E-state index contributed by atoms with van der Waals surface area (Å²) in [5, 5.41) is 5.86. The van der Waals surface area contributed by atoms with E-state index in [4.69, 9.17) is 21.1 Å². The van der Waals surface area contributed by atoms with Gasteiger partial charge in [-0.1, -0.05) is 11.6 Å². The highest BCUT2D eigenvalue weighted by Gasteiger charge is 2.14. The first-order valence-corrected chi connectivity index (χ1v) is 7.19. The highest BCUT2D eigenvalue weighted by Crippen LogP contribution is 2.26. The van der Waals surface area contributed by atoms with Gasteiger partial charge in [-0.25, -0.2) is 0 Å². The van der Waals surface area contributed by atoms with E-state index < -0.39 is 0 Å². The van der Waals surface area contributed by atoms with Crippen LogP contribution in [-0.2, 0) is 4.74 Å². The smallest absolute Gasteiger partial charge is 0.256 e. The van der Waals surface area contributed by atoms with E-state index >= 15 is 0 Å². The van der Waals surface area contributed by atoms with Crippen LogP contribution < -0.4 is 15.4 Å². The lowest BCUT2D eigenvalue weighted by atomic mass is 10.1. The van der Waals surface area contributed by atoms with E-state index in [1.807, 2.05) is 6.92 Å². The van der Waals surface area contributed by atoms with Gasteiger partial charge in [0.25, 0.3) is 5.91 Å². The molecule has 5 nitrogen and oxygen atoms in total. The van der Waals surface area contributed by atoms with Gasteiger partial charge in [0, 0.05) is 20.4 Å². The van der Waals surface area contributed by atoms with Gasteiger partial charge < -0.3 is 20.1 Å². The molecule has 120 valence electrons. The second-order valence-corrected chi connectivity index (χ2v) is 4.83. The molecule has 0 aromatic heterocycles. The van der Waals surface area contributed by atoms with Crippen molar-refractivity contribution >= 4 is 17.5 Å². The fourth-order valence-corrected chi connectivity index (χ4v) is 2.07. The molecule has 0 unspecified atom stereocenters. The number of benzene rings is 1. The molecule has 0 saturated carbocycles. The molecule has 1 rings (SSSR count). The van der Waals surface area contributed by atoms with Crippen molar-refractivity contribution in [2.45, 2.75) is 6.92 Å². The summed E-state index contributed by atoms with van der Waals surface area (Å²) in [5.41, 5.74) is 1.18. The van der Waals surface area contributed by atoms with Crippen molar-refractivity contribution in [1.29, 1.82) is 0 Å². The number of halogens is 1. The van der Waals surface area contributed by atoms with E-state index in [1.165, 1.54) is 0 Å². The van der Waals surface area contributed by atoms with Crippen LogP contribution in [0.4, 0.5) is 0 Å². The molecule has 0 atom stereocenters. The second-order valence-electron chi connectivity index (χ2n) is 4.42. The van der Waals surface area contributed by atoms with E-state index in [-0.39, 0.29) is 5.91 Å². The van der Waals surface area contributed by atoms with Crippen LogP contribution in [0, 0.1) is 6.92 Å². The average molecular weight is 325 g/mol. The molecular weight excluding hydrogens is 304 g/mol. The Balaban J connectivity index is 2.76. The summed E-state index contributed by atoms with van der Waals surface area (Å²) >= 11 is 6.18. The first-order chi connectivity index (χ1) is 10.6. The minimum Gasteiger partial charge on any atom is -0.491 e. The summed E-state index contributed by atoms with van der Waals surface area (Å²) in [4.78, 5) is 12.1. The van der Waals surface area contributed by atoms with Crippen molar-refractivity contribution in [2.24, 2.45) is 0 Å². The Morgan fingerprint density at radius 3 is 2.64 bits per heavy atom. The van der Waals surface area contributed by atoms with Crippen LogP contribution >= 0.6 is 11.6 Å². The molecular formula is C16H21ClN2O3. The van der Waals surface area contributed by atoms with Crippen LogP contribution in [0.25, 0.3) is 0 Å². The molecule has 0 saturated heterocycles. The third-order valence-corrected chi connectivity index (χ3v) is 3.03. The zero-order chi connectivity index (χ0) is 16.4. The van der Waals surface area contributed by atoms with Crippen molar-refractivity contribution in [2.75, 3.05) is 27.4 Å². The predicted octanol–water partition coefficient (Wildman–Crippen LogP) is 2.65. The molecule has 0 spiro atoms. The summed E-state index contributed by atoms with van der Waals surface area (Å²) in [6, 6.07) is 3.41. The number of methoxy groups -OCH3 is 1. The SMILES string of the molecule is CNC=CC=CNC(=O)c1c(C)cc(OCCOC)cc1Cl. The van der Waals surface area contributed by atoms with Gasteiger partial charge in [-0.3, -0.25) is 4.79 Å². The number of nitrogens with one attached hydrogen (secondary N) is 2. The molecule has 1 aromatic carbocycles. The van der Waals surface area contributed by atoms with Gasteiger partial charge in [0.2, 0.25) is 0 Å². The zero-order valence-electron chi connectivity index (χ0n) is 13.0. The maximum Gasteiger partial charge on any atom is 0.256 e. The molecule has 0 fully saturated rings. The van der Waals surface area contributed by atoms with Gasteiger partial charge in [-0.15, -0.1) is 0 Å². The maximum absolute atomic E-state index is 12.1. The van der Waals surface area contributed by atoms with E-state index in [0.717, 1.165) is 5.56 Å². The second kappa shape index (κ2) is 9.87. The van der Waals surface area contributed by atoms with Gasteiger partial charge in [-0.2, -0.15) is 0 Å². The highest BCUT2D eigenvalue weighted by molar-refractivity contribution is 6.34. The lowest BCUT2D eigenvalue weighted by molar-refractivity contribution is 0.0969. The van der Waals surface area contributed by atoms with Gasteiger partial charge in [0.15, 0.2) is 0 Å². The molecule has 0 aliphatic heterocycles. The highest BCUT2D eigenvalue weighted by atomic mass is 35.5. The molecule has 2 N–H and O–H groups in total. The largest absolute Gasteiger partial charge is 0.491 e. The zero-order valence-corrected chi connectivity index (χ0v) is 13.7. The predicted molar refractivity (Wildman–Crippen MR) is 88.4 cm³/mol. The van der Waals surface area contributed by atoms with Crippen molar-refractivity contribution in [1.82, 2.24) is 10.6 Å². The quantitative estimate of drug-likeness (QED) is 0.570. The number of carbonyl (C=O) groups is 1. The number of hydrogen-bond acceptors (Lipinski definition) is 4. The molecule has 22 heavy (non-hydrogen) atoms. The Labute approximate surface area is 135 Å². The number of rotatable bonds is 8. The molecule has 0 aliphatic rings. The minimum absolute atomic E-state index is 0.264. The minimum atomic E-state index is -0.264. The van der Waals surface area contributed by atoms with Gasteiger partial charge >= 0.3 is 0 Å². The van der Waals surface area contributed by atoms with Crippen LogP contribution in [-0.4, -0.2) is 33.3 Å². The Morgan fingerprint density at radius 2 is 2.00 bits per heavy atom. The van der Waals surface area contributed by atoms with Crippen LogP contribution in [0.1, 0.15) is 15.9 Å². The van der Waals surface area contributed by atoms with E-state index in [2.05, 4.69) is 10.6 Å². The first kappa shape index (κ1) is 18.1. The Morgan fingerprint density at radius 1 is 1.27 bits per heavy atom. The standard InChI is InChI=1S/C16H21ClN2O3/c1-12-10-13(22-9-8-21-3)11-14(17)15(12)16(20)19-7-5-4-6-18-2/h4-7,10-11,18H,8-9H2,1-3H3,(H,19,20). The third kappa shape index (κ3) is 5.79. The molecule has 0 radical (unpaired) electrons. The van der Waals surface area contributed by atoms with Gasteiger partial charge in [0.1, 0.15) is 12.4 Å². The summed E-state index contributed by atoms with van der Waals surface area (Å²) < 4.78 is 10.4. The number of aryl methyl sites for hydroxylation is 1. The van der Waals surface area contributed by atoms with Crippen LogP contribution in [0.3, 0.4) is 0 Å². The van der Waals surface area contributed by atoms with Crippen molar-refractivity contribution < 1.29 is 14.3 Å². The Kier molecular flexibility index (Phi) is 8.10. The fraction of sp³-hybridized carbons (Fsp3) is 0.312. The molecule has 1 amide bonds. The molecule has 6 heteroatoms. The Bertz CT molecular complexity index is 533. The van der Waals surface area contributed by atoms with E-state index in [0.29, 0.717) is 29.5 Å². The van der Waals surface area contributed by atoms with Gasteiger partial charge in [0.05, 0.1) is 17.2 Å². The van der Waals surface area contributed by atoms with Crippen LogP contribution in [0.5, 0.6) is 5.75 Å². The van der Waals surface area contributed by atoms with Crippen molar-refractivity contribution in [3.8, 4) is 5.75 Å². The van der Waals surface area contributed by atoms with E-state index in [9.17, 15) is 4.79 Å². The van der Waals surface area contributed by atoms with Crippen molar-refractivity contribution in [3.63, 3.8) is 0 Å². The number of hydrogen-bond donors (Lipinski definition) is 2.